The highest BCUT2D eigenvalue weighted by Gasteiger charge is 2.42. The maximum Gasteiger partial charge on any atom is 0.237 e. The van der Waals surface area contributed by atoms with Gasteiger partial charge in [0.1, 0.15) is 5.82 Å². The number of benzene rings is 1. The van der Waals surface area contributed by atoms with Crippen LogP contribution in [0, 0.1) is 5.82 Å². The number of hydrogen-bond donors (Lipinski definition) is 0. The minimum absolute atomic E-state index is 0.0647. The Morgan fingerprint density at radius 3 is 2.26 bits per heavy atom. The molecule has 1 amide bonds. The van der Waals surface area contributed by atoms with E-state index in [4.69, 9.17) is 0 Å². The molecular formula is C19H26FN3O3S. The Morgan fingerprint density at radius 1 is 1.04 bits per heavy atom. The molecule has 0 aromatic heterocycles. The number of hydrogen-bond acceptors (Lipinski definition) is 5. The molecule has 1 saturated carbocycles. The lowest BCUT2D eigenvalue weighted by molar-refractivity contribution is -0.135. The summed E-state index contributed by atoms with van der Waals surface area (Å²) in [5.41, 5.74) is 0.998. The molecule has 0 bridgehead atoms. The first kappa shape index (κ1) is 18.7. The number of nitrogens with zero attached hydrogens (tertiary/aromatic N) is 3. The van der Waals surface area contributed by atoms with E-state index in [1.165, 1.54) is 12.1 Å². The van der Waals surface area contributed by atoms with Crippen LogP contribution in [0.5, 0.6) is 0 Å². The molecule has 8 heteroatoms. The highest BCUT2D eigenvalue weighted by Crippen LogP contribution is 2.32. The summed E-state index contributed by atoms with van der Waals surface area (Å²) in [6.45, 7) is 3.47. The molecule has 1 atom stereocenters. The molecule has 4 rings (SSSR count). The minimum Gasteiger partial charge on any atom is -0.369 e. The lowest BCUT2D eigenvalue weighted by Gasteiger charge is -2.37. The van der Waals surface area contributed by atoms with Crippen LogP contribution in [0.25, 0.3) is 0 Å². The van der Waals surface area contributed by atoms with Gasteiger partial charge in [0.05, 0.1) is 18.1 Å². The van der Waals surface area contributed by atoms with Crippen LogP contribution < -0.4 is 4.90 Å². The summed E-state index contributed by atoms with van der Waals surface area (Å²) in [5, 5.41) is 0. The van der Waals surface area contributed by atoms with E-state index in [2.05, 4.69) is 9.80 Å². The summed E-state index contributed by atoms with van der Waals surface area (Å²) in [5.74, 6) is 0.143. The van der Waals surface area contributed by atoms with E-state index in [9.17, 15) is 17.6 Å². The van der Waals surface area contributed by atoms with Crippen LogP contribution in [0.15, 0.2) is 24.3 Å². The van der Waals surface area contributed by atoms with Gasteiger partial charge < -0.3 is 9.80 Å². The fourth-order valence-electron chi connectivity index (χ4n) is 4.14. The zero-order valence-corrected chi connectivity index (χ0v) is 16.2. The normalized spacial score (nSPS) is 25.5. The van der Waals surface area contributed by atoms with Crippen LogP contribution in [0.3, 0.4) is 0 Å². The topological polar surface area (TPSA) is 60.9 Å². The second-order valence-corrected chi connectivity index (χ2v) is 10.1. The molecule has 3 aliphatic rings. The molecule has 27 heavy (non-hydrogen) atoms. The summed E-state index contributed by atoms with van der Waals surface area (Å²) < 4.78 is 36.7. The van der Waals surface area contributed by atoms with Gasteiger partial charge in [0.2, 0.25) is 5.91 Å². The largest absolute Gasteiger partial charge is 0.369 e. The van der Waals surface area contributed by atoms with Crippen LogP contribution in [0.4, 0.5) is 10.1 Å². The van der Waals surface area contributed by atoms with E-state index in [1.54, 1.807) is 12.1 Å². The van der Waals surface area contributed by atoms with Crippen molar-refractivity contribution < 1.29 is 17.6 Å². The van der Waals surface area contributed by atoms with Crippen molar-refractivity contribution in [2.24, 2.45) is 0 Å². The molecule has 0 spiro atoms. The fraction of sp³-hybridized carbons (Fsp3) is 0.632. The van der Waals surface area contributed by atoms with Crippen molar-refractivity contribution in [2.75, 3.05) is 49.1 Å². The molecule has 0 N–H and O–H groups in total. The maximum absolute atomic E-state index is 13.1. The van der Waals surface area contributed by atoms with Gasteiger partial charge in [0.25, 0.3) is 0 Å². The van der Waals surface area contributed by atoms with Crippen LogP contribution in [0.2, 0.25) is 0 Å². The molecule has 148 valence electrons. The van der Waals surface area contributed by atoms with Crippen LogP contribution >= 0.6 is 0 Å². The predicted molar refractivity (Wildman–Crippen MR) is 102 cm³/mol. The van der Waals surface area contributed by atoms with E-state index >= 15 is 0 Å². The van der Waals surface area contributed by atoms with Gasteiger partial charge in [-0.05, 0) is 43.5 Å². The molecule has 2 saturated heterocycles. The number of rotatable bonds is 5. The number of amides is 1. The van der Waals surface area contributed by atoms with E-state index in [0.29, 0.717) is 13.0 Å². The van der Waals surface area contributed by atoms with Crippen molar-refractivity contribution >= 4 is 21.4 Å². The van der Waals surface area contributed by atoms with Crippen LogP contribution in [-0.4, -0.2) is 80.4 Å². The first-order chi connectivity index (χ1) is 12.9. The maximum atomic E-state index is 13.1. The van der Waals surface area contributed by atoms with Crippen molar-refractivity contribution in [1.82, 2.24) is 9.80 Å². The van der Waals surface area contributed by atoms with Gasteiger partial charge in [-0.25, -0.2) is 12.8 Å². The van der Waals surface area contributed by atoms with Crippen LogP contribution in [-0.2, 0) is 14.6 Å². The highest BCUT2D eigenvalue weighted by atomic mass is 32.2. The Morgan fingerprint density at radius 2 is 1.70 bits per heavy atom. The average Bonchev–Trinajstić information content (AvgIpc) is 3.39. The Labute approximate surface area is 159 Å². The van der Waals surface area contributed by atoms with Crippen molar-refractivity contribution in [1.29, 1.82) is 0 Å². The molecule has 2 aliphatic heterocycles. The first-order valence-electron chi connectivity index (χ1n) is 9.66. The highest BCUT2D eigenvalue weighted by molar-refractivity contribution is 7.91. The smallest absolute Gasteiger partial charge is 0.237 e. The lowest BCUT2D eigenvalue weighted by Crippen LogP contribution is -2.52. The van der Waals surface area contributed by atoms with Crippen molar-refractivity contribution in [2.45, 2.75) is 31.3 Å². The number of sulfone groups is 1. The van der Waals surface area contributed by atoms with Gasteiger partial charge in [-0.2, -0.15) is 0 Å². The number of carbonyl (C=O) groups excluding carboxylic acids is 1. The summed E-state index contributed by atoms with van der Waals surface area (Å²) in [6.07, 6.45) is 2.55. The monoisotopic (exact) mass is 395 g/mol. The van der Waals surface area contributed by atoms with E-state index in [0.717, 1.165) is 44.7 Å². The van der Waals surface area contributed by atoms with E-state index < -0.39 is 9.84 Å². The molecule has 6 nitrogen and oxygen atoms in total. The molecular weight excluding hydrogens is 369 g/mol. The molecule has 2 heterocycles. The van der Waals surface area contributed by atoms with Crippen molar-refractivity contribution in [3.05, 3.63) is 30.1 Å². The quantitative estimate of drug-likeness (QED) is 0.748. The van der Waals surface area contributed by atoms with Gasteiger partial charge >= 0.3 is 0 Å². The molecule has 1 aromatic rings. The second-order valence-electron chi connectivity index (χ2n) is 7.83. The Balaban J connectivity index is 1.32. The Bertz CT molecular complexity index is 787. The molecule has 1 aliphatic carbocycles. The van der Waals surface area contributed by atoms with Gasteiger partial charge in [0, 0.05) is 44.0 Å². The summed E-state index contributed by atoms with van der Waals surface area (Å²) >= 11 is 0. The molecule has 0 unspecified atom stereocenters. The van der Waals surface area contributed by atoms with Crippen molar-refractivity contribution in [3.8, 4) is 0 Å². The number of carbonyl (C=O) groups is 1. The van der Waals surface area contributed by atoms with Gasteiger partial charge in [-0.3, -0.25) is 9.69 Å². The zero-order chi connectivity index (χ0) is 19.0. The van der Waals surface area contributed by atoms with Crippen LogP contribution in [0.1, 0.15) is 19.3 Å². The zero-order valence-electron chi connectivity index (χ0n) is 15.4. The van der Waals surface area contributed by atoms with Gasteiger partial charge in [-0.1, -0.05) is 0 Å². The third-order valence-corrected chi connectivity index (χ3v) is 7.50. The van der Waals surface area contributed by atoms with Gasteiger partial charge in [0.15, 0.2) is 9.84 Å². The van der Waals surface area contributed by atoms with Gasteiger partial charge in [-0.15, -0.1) is 0 Å². The van der Waals surface area contributed by atoms with Crippen molar-refractivity contribution in [3.63, 3.8) is 0 Å². The summed E-state index contributed by atoms with van der Waals surface area (Å²) in [7, 11) is -2.99. The Hall–Kier alpha value is -1.67. The van der Waals surface area contributed by atoms with E-state index in [1.807, 2.05) is 4.90 Å². The third kappa shape index (κ3) is 4.43. The molecule has 3 fully saturated rings. The number of piperazine rings is 1. The SMILES string of the molecule is O=C(CN1CCN(c2ccc(F)cc2)CC1)N(C1CC1)[C@@H]1CCS(=O)(=O)C1. The third-order valence-electron chi connectivity index (χ3n) is 5.75. The minimum atomic E-state index is -2.99. The second kappa shape index (κ2) is 7.39. The summed E-state index contributed by atoms with van der Waals surface area (Å²) in [6, 6.07) is 6.59. The number of anilines is 1. The lowest BCUT2D eigenvalue weighted by atomic mass is 10.2. The average molecular weight is 396 g/mol. The van der Waals surface area contributed by atoms with E-state index in [-0.39, 0.29) is 35.3 Å². The standard InChI is InChI=1S/C19H26FN3O3S/c20-15-1-3-16(4-2-15)22-10-8-21(9-11-22)13-19(24)23(17-5-6-17)18-7-12-27(25,26)14-18/h1-4,17-18H,5-14H2/t18-/m1/s1. The fourth-order valence-corrected chi connectivity index (χ4v) is 5.85. The predicted octanol–water partition coefficient (Wildman–Crippen LogP) is 1.13. The molecule has 0 radical (unpaired) electrons. The Kier molecular flexibility index (Phi) is 5.11. The molecule has 1 aromatic carbocycles. The first-order valence-corrected chi connectivity index (χ1v) is 11.5. The number of halogens is 1. The summed E-state index contributed by atoms with van der Waals surface area (Å²) in [4.78, 5) is 19.1.